The van der Waals surface area contributed by atoms with Gasteiger partial charge < -0.3 is 10.5 Å². The lowest BCUT2D eigenvalue weighted by Gasteiger charge is -2.16. The molecule has 2 nitrogen and oxygen atoms in total. The molecular weight excluding hydrogens is 333 g/mol. The zero-order chi connectivity index (χ0) is 15.2. The Morgan fingerprint density at radius 1 is 1.29 bits per heavy atom. The molecule has 0 saturated carbocycles. The van der Waals surface area contributed by atoms with E-state index in [1.165, 1.54) is 6.07 Å². The smallest absolute Gasteiger partial charge is 0.129 e. The van der Waals surface area contributed by atoms with E-state index in [0.29, 0.717) is 10.0 Å². The van der Waals surface area contributed by atoms with Crippen LogP contribution in [0.3, 0.4) is 0 Å². The Morgan fingerprint density at radius 3 is 2.76 bits per heavy atom. The van der Waals surface area contributed by atoms with Crippen LogP contribution in [-0.4, -0.2) is 5.60 Å². The SMILES string of the molecule is CC1(C)Cc2cc(C(N)c3c(F)cccc3Br)ccc2O1. The summed E-state index contributed by atoms with van der Waals surface area (Å²) in [5.74, 6) is 0.595. The molecule has 0 radical (unpaired) electrons. The third-order valence-corrected chi connectivity index (χ3v) is 4.45. The summed E-state index contributed by atoms with van der Waals surface area (Å²) in [6, 6.07) is 10.2. The maximum atomic E-state index is 14.0. The lowest BCUT2D eigenvalue weighted by atomic mass is 9.95. The van der Waals surface area contributed by atoms with Crippen LogP contribution in [-0.2, 0) is 6.42 Å². The number of ether oxygens (including phenoxy) is 1. The van der Waals surface area contributed by atoms with Crippen molar-refractivity contribution >= 4 is 15.9 Å². The van der Waals surface area contributed by atoms with E-state index < -0.39 is 6.04 Å². The van der Waals surface area contributed by atoms with Gasteiger partial charge in [0.05, 0.1) is 6.04 Å². The van der Waals surface area contributed by atoms with Crippen LogP contribution in [0.15, 0.2) is 40.9 Å². The van der Waals surface area contributed by atoms with E-state index in [2.05, 4.69) is 29.8 Å². The van der Waals surface area contributed by atoms with Gasteiger partial charge in [-0.05, 0) is 43.2 Å². The van der Waals surface area contributed by atoms with Gasteiger partial charge in [0.15, 0.2) is 0 Å². The van der Waals surface area contributed by atoms with Gasteiger partial charge in [0.1, 0.15) is 17.2 Å². The predicted octanol–water partition coefficient (Wildman–Crippen LogP) is 4.35. The van der Waals surface area contributed by atoms with E-state index in [9.17, 15) is 4.39 Å². The number of rotatable bonds is 2. The normalized spacial score (nSPS) is 17.2. The van der Waals surface area contributed by atoms with Crippen LogP contribution >= 0.6 is 15.9 Å². The molecule has 0 amide bonds. The van der Waals surface area contributed by atoms with Crippen molar-refractivity contribution < 1.29 is 9.13 Å². The average molecular weight is 350 g/mol. The monoisotopic (exact) mass is 349 g/mol. The number of fused-ring (bicyclic) bond motifs is 1. The topological polar surface area (TPSA) is 35.2 Å². The fourth-order valence-electron chi connectivity index (χ4n) is 2.80. The Balaban J connectivity index is 1.99. The number of halogens is 2. The van der Waals surface area contributed by atoms with Crippen LogP contribution in [0.1, 0.15) is 36.6 Å². The second-order valence-electron chi connectivity index (χ2n) is 6.02. The lowest BCUT2D eigenvalue weighted by molar-refractivity contribution is 0.138. The molecule has 1 atom stereocenters. The standard InChI is InChI=1S/C17H17BrFNO/c1-17(2)9-11-8-10(6-7-14(11)21-17)16(20)15-12(18)4-3-5-13(15)19/h3-8,16H,9,20H2,1-2H3. The van der Waals surface area contributed by atoms with Crippen molar-refractivity contribution in [1.82, 2.24) is 0 Å². The third-order valence-electron chi connectivity index (χ3n) is 3.76. The summed E-state index contributed by atoms with van der Waals surface area (Å²) in [4.78, 5) is 0. The highest BCUT2D eigenvalue weighted by molar-refractivity contribution is 9.10. The minimum atomic E-state index is -0.505. The predicted molar refractivity (Wildman–Crippen MR) is 85.0 cm³/mol. The highest BCUT2D eigenvalue weighted by Gasteiger charge is 2.30. The van der Waals surface area contributed by atoms with Gasteiger partial charge in [-0.1, -0.05) is 34.1 Å². The Kier molecular flexibility index (Phi) is 3.54. The number of hydrogen-bond donors (Lipinski definition) is 1. The quantitative estimate of drug-likeness (QED) is 0.874. The molecule has 2 N–H and O–H groups in total. The first-order valence-electron chi connectivity index (χ1n) is 6.89. The van der Waals surface area contributed by atoms with Crippen molar-refractivity contribution in [3.05, 3.63) is 63.4 Å². The molecule has 0 aromatic heterocycles. The summed E-state index contributed by atoms with van der Waals surface area (Å²) in [7, 11) is 0. The molecule has 110 valence electrons. The zero-order valence-electron chi connectivity index (χ0n) is 12.0. The fourth-order valence-corrected chi connectivity index (χ4v) is 3.39. The minimum absolute atomic E-state index is 0.191. The van der Waals surface area contributed by atoms with Crippen LogP contribution < -0.4 is 10.5 Å². The summed E-state index contributed by atoms with van der Waals surface area (Å²) < 4.78 is 20.6. The van der Waals surface area contributed by atoms with Crippen LogP contribution in [0, 0.1) is 5.82 Å². The first-order valence-corrected chi connectivity index (χ1v) is 7.68. The van der Waals surface area contributed by atoms with Crippen LogP contribution in [0.25, 0.3) is 0 Å². The Morgan fingerprint density at radius 2 is 2.05 bits per heavy atom. The Labute approximate surface area is 132 Å². The van der Waals surface area contributed by atoms with Crippen LogP contribution in [0.5, 0.6) is 5.75 Å². The lowest BCUT2D eigenvalue weighted by Crippen LogP contribution is -2.24. The minimum Gasteiger partial charge on any atom is -0.487 e. The van der Waals surface area contributed by atoms with Gasteiger partial charge in [0.25, 0.3) is 0 Å². The third kappa shape index (κ3) is 2.70. The maximum Gasteiger partial charge on any atom is 0.129 e. The summed E-state index contributed by atoms with van der Waals surface area (Å²) in [6.45, 7) is 4.11. The average Bonchev–Trinajstić information content (AvgIpc) is 2.70. The van der Waals surface area contributed by atoms with E-state index in [-0.39, 0.29) is 11.4 Å². The van der Waals surface area contributed by atoms with Gasteiger partial charge in [-0.2, -0.15) is 0 Å². The molecule has 0 fully saturated rings. The Hall–Kier alpha value is -1.39. The van der Waals surface area contributed by atoms with E-state index in [1.54, 1.807) is 12.1 Å². The molecule has 2 aromatic rings. The van der Waals surface area contributed by atoms with Crippen LogP contribution in [0.2, 0.25) is 0 Å². The van der Waals surface area contributed by atoms with Gasteiger partial charge in [0, 0.05) is 16.5 Å². The molecule has 1 aliphatic rings. The molecule has 1 unspecified atom stereocenters. The van der Waals surface area contributed by atoms with E-state index >= 15 is 0 Å². The van der Waals surface area contributed by atoms with Gasteiger partial charge >= 0.3 is 0 Å². The largest absolute Gasteiger partial charge is 0.487 e. The first kappa shape index (κ1) is 14.5. The molecule has 2 aromatic carbocycles. The van der Waals surface area contributed by atoms with E-state index in [1.807, 2.05) is 18.2 Å². The summed E-state index contributed by atoms with van der Waals surface area (Å²) in [6.07, 6.45) is 0.835. The fraction of sp³-hybridized carbons (Fsp3) is 0.294. The second-order valence-corrected chi connectivity index (χ2v) is 6.87. The molecule has 21 heavy (non-hydrogen) atoms. The summed E-state index contributed by atoms with van der Waals surface area (Å²) in [5.41, 5.74) is 8.58. The molecule has 3 rings (SSSR count). The van der Waals surface area contributed by atoms with Crippen molar-refractivity contribution in [2.75, 3.05) is 0 Å². The highest BCUT2D eigenvalue weighted by atomic mass is 79.9. The molecule has 1 aliphatic heterocycles. The number of benzene rings is 2. The van der Waals surface area contributed by atoms with E-state index in [0.717, 1.165) is 23.3 Å². The van der Waals surface area contributed by atoms with E-state index in [4.69, 9.17) is 10.5 Å². The summed E-state index contributed by atoms with van der Waals surface area (Å²) >= 11 is 3.38. The van der Waals surface area contributed by atoms with Gasteiger partial charge in [-0.3, -0.25) is 0 Å². The molecule has 1 heterocycles. The molecule has 0 spiro atoms. The highest BCUT2D eigenvalue weighted by Crippen LogP contribution is 2.37. The molecule has 0 bridgehead atoms. The van der Waals surface area contributed by atoms with Crippen LogP contribution in [0.4, 0.5) is 4.39 Å². The van der Waals surface area contributed by atoms with Gasteiger partial charge in [-0.15, -0.1) is 0 Å². The number of nitrogens with two attached hydrogens (primary N) is 1. The van der Waals surface area contributed by atoms with Gasteiger partial charge in [-0.25, -0.2) is 4.39 Å². The zero-order valence-corrected chi connectivity index (χ0v) is 13.6. The second kappa shape index (κ2) is 5.11. The summed E-state index contributed by atoms with van der Waals surface area (Å²) in [5, 5.41) is 0. The van der Waals surface area contributed by atoms with Crippen molar-refractivity contribution in [2.24, 2.45) is 5.73 Å². The van der Waals surface area contributed by atoms with Crippen molar-refractivity contribution in [3.63, 3.8) is 0 Å². The van der Waals surface area contributed by atoms with Crippen molar-refractivity contribution in [1.29, 1.82) is 0 Å². The van der Waals surface area contributed by atoms with Crippen molar-refractivity contribution in [2.45, 2.75) is 31.9 Å². The molecule has 4 heteroatoms. The first-order chi connectivity index (χ1) is 9.87. The molecular formula is C17H17BrFNO. The van der Waals surface area contributed by atoms with Crippen molar-refractivity contribution in [3.8, 4) is 5.75 Å². The van der Waals surface area contributed by atoms with Gasteiger partial charge in [0.2, 0.25) is 0 Å². The Bertz CT molecular complexity index is 679. The molecule has 0 saturated heterocycles. The maximum absolute atomic E-state index is 14.0. The molecule has 0 aliphatic carbocycles. The number of hydrogen-bond acceptors (Lipinski definition) is 2.